The van der Waals surface area contributed by atoms with E-state index in [1.54, 1.807) is 0 Å². The van der Waals surface area contributed by atoms with Gasteiger partial charge in [-0.05, 0) is 156 Å². The van der Waals surface area contributed by atoms with E-state index >= 15 is 0 Å². The standard InChI is InChI=1S/C34H51IO2/c1-21(2)8-6-9-22(3)27-14-15-28-25-13-12-24-20-23(31-26(32(36)37)10-7-11-30(31)35)16-18-33(24,4)29(25)17-19-34(27,28)5/h7,10-11,21-25,27-29H,6,8-9,12-20H2,1-5H3,(H,36,37)/t22-,23-,24?,25?,27-,28?,29?,33+,34-/m1/s1. The van der Waals surface area contributed by atoms with Crippen LogP contribution in [0.15, 0.2) is 18.2 Å². The number of benzene rings is 1. The van der Waals surface area contributed by atoms with Crippen LogP contribution in [0.5, 0.6) is 0 Å². The molecule has 0 heterocycles. The summed E-state index contributed by atoms with van der Waals surface area (Å²) >= 11 is 2.38. The lowest BCUT2D eigenvalue weighted by atomic mass is 9.43. The number of aromatic carboxylic acids is 1. The summed E-state index contributed by atoms with van der Waals surface area (Å²) in [5.41, 5.74) is 2.68. The summed E-state index contributed by atoms with van der Waals surface area (Å²) < 4.78 is 1.15. The second kappa shape index (κ2) is 10.8. The average molecular weight is 619 g/mol. The van der Waals surface area contributed by atoms with E-state index in [4.69, 9.17) is 0 Å². The van der Waals surface area contributed by atoms with Crippen LogP contribution < -0.4 is 0 Å². The van der Waals surface area contributed by atoms with Crippen LogP contribution in [0.4, 0.5) is 0 Å². The molecule has 1 N–H and O–H groups in total. The van der Waals surface area contributed by atoms with Crippen molar-refractivity contribution in [2.45, 2.75) is 118 Å². The highest BCUT2D eigenvalue weighted by molar-refractivity contribution is 14.1. The van der Waals surface area contributed by atoms with Crippen molar-refractivity contribution in [2.75, 3.05) is 0 Å². The van der Waals surface area contributed by atoms with Crippen LogP contribution in [0.3, 0.4) is 0 Å². The molecule has 0 amide bonds. The molecule has 0 radical (unpaired) electrons. The first kappa shape index (κ1) is 28.0. The molecule has 2 nitrogen and oxygen atoms in total. The average Bonchev–Trinajstić information content (AvgIpc) is 3.20. The van der Waals surface area contributed by atoms with Gasteiger partial charge in [-0.1, -0.05) is 59.9 Å². The van der Waals surface area contributed by atoms with Gasteiger partial charge in [0.15, 0.2) is 0 Å². The van der Waals surface area contributed by atoms with E-state index in [-0.39, 0.29) is 0 Å². The van der Waals surface area contributed by atoms with Gasteiger partial charge in [-0.25, -0.2) is 4.79 Å². The molecule has 206 valence electrons. The quantitative estimate of drug-likeness (QED) is 0.309. The predicted molar refractivity (Wildman–Crippen MR) is 162 cm³/mol. The van der Waals surface area contributed by atoms with Crippen LogP contribution in [0.2, 0.25) is 0 Å². The smallest absolute Gasteiger partial charge is 0.336 e. The van der Waals surface area contributed by atoms with Crippen molar-refractivity contribution in [2.24, 2.45) is 52.3 Å². The van der Waals surface area contributed by atoms with Gasteiger partial charge in [-0.3, -0.25) is 0 Å². The minimum absolute atomic E-state index is 0.408. The SMILES string of the molecule is CC(C)CCC[C@@H](C)[C@H]1CCC2C3CCC4C[C@H](c5c(I)cccc5C(=O)O)CC[C@]4(C)C3CC[C@@]21C. The number of hydrogen-bond acceptors (Lipinski definition) is 1. The Morgan fingerprint density at radius 3 is 2.43 bits per heavy atom. The van der Waals surface area contributed by atoms with Crippen LogP contribution in [0.1, 0.15) is 134 Å². The highest BCUT2D eigenvalue weighted by atomic mass is 127. The van der Waals surface area contributed by atoms with Crippen molar-refractivity contribution in [3.8, 4) is 0 Å². The van der Waals surface area contributed by atoms with E-state index in [0.29, 0.717) is 22.3 Å². The Morgan fingerprint density at radius 1 is 0.973 bits per heavy atom. The molecule has 0 saturated heterocycles. The molecular formula is C34H51IO2. The van der Waals surface area contributed by atoms with E-state index in [0.717, 1.165) is 57.0 Å². The van der Waals surface area contributed by atoms with Crippen molar-refractivity contribution >= 4 is 28.6 Å². The number of halogens is 1. The summed E-state index contributed by atoms with van der Waals surface area (Å²) in [6, 6.07) is 5.84. The zero-order chi connectivity index (χ0) is 26.5. The highest BCUT2D eigenvalue weighted by Gasteiger charge is 2.60. The van der Waals surface area contributed by atoms with E-state index in [1.165, 1.54) is 70.6 Å². The molecule has 1 aromatic carbocycles. The summed E-state index contributed by atoms with van der Waals surface area (Å²) in [6.07, 6.45) is 16.5. The second-order valence-electron chi connectivity index (χ2n) is 14.7. The molecule has 4 saturated carbocycles. The molecule has 0 spiro atoms. The molecule has 0 aromatic heterocycles. The first-order chi connectivity index (χ1) is 17.6. The van der Waals surface area contributed by atoms with Crippen molar-refractivity contribution in [3.05, 3.63) is 32.9 Å². The fraction of sp³-hybridized carbons (Fsp3) is 0.794. The van der Waals surface area contributed by atoms with Gasteiger partial charge in [-0.15, -0.1) is 0 Å². The third kappa shape index (κ3) is 4.95. The molecule has 37 heavy (non-hydrogen) atoms. The molecule has 5 rings (SSSR count). The van der Waals surface area contributed by atoms with Crippen molar-refractivity contribution < 1.29 is 9.90 Å². The lowest BCUT2D eigenvalue weighted by molar-refractivity contribution is -0.117. The maximum atomic E-state index is 12.0. The molecule has 3 heteroatoms. The predicted octanol–water partition coefficient (Wildman–Crippen LogP) is 10.2. The first-order valence-corrected chi connectivity index (χ1v) is 16.7. The molecule has 4 unspecified atom stereocenters. The van der Waals surface area contributed by atoms with Gasteiger partial charge in [0, 0.05) is 3.57 Å². The molecule has 4 aliphatic carbocycles. The molecule has 4 fully saturated rings. The molecule has 0 aliphatic heterocycles. The lowest BCUT2D eigenvalue weighted by Crippen LogP contribution is -2.53. The van der Waals surface area contributed by atoms with Crippen LogP contribution >= 0.6 is 22.6 Å². The Balaban J connectivity index is 1.30. The summed E-state index contributed by atoms with van der Waals surface area (Å²) in [5, 5.41) is 9.90. The van der Waals surface area contributed by atoms with Gasteiger partial charge < -0.3 is 5.11 Å². The number of fused-ring (bicyclic) bond motifs is 5. The zero-order valence-electron chi connectivity index (χ0n) is 24.1. The Labute approximate surface area is 240 Å². The summed E-state index contributed by atoms with van der Waals surface area (Å²) in [7, 11) is 0. The minimum Gasteiger partial charge on any atom is -0.478 e. The van der Waals surface area contributed by atoms with Gasteiger partial charge in [0.25, 0.3) is 0 Å². The second-order valence-corrected chi connectivity index (χ2v) is 15.8. The Hall–Kier alpha value is -0.580. The van der Waals surface area contributed by atoms with Crippen molar-refractivity contribution in [1.29, 1.82) is 0 Å². The van der Waals surface area contributed by atoms with Gasteiger partial charge in [-0.2, -0.15) is 0 Å². The van der Waals surface area contributed by atoms with Crippen LogP contribution in [0, 0.1) is 55.8 Å². The number of hydrogen-bond donors (Lipinski definition) is 1. The van der Waals surface area contributed by atoms with E-state index < -0.39 is 5.97 Å². The molecule has 4 aliphatic rings. The maximum Gasteiger partial charge on any atom is 0.336 e. The first-order valence-electron chi connectivity index (χ1n) is 15.6. The number of carbonyl (C=O) groups is 1. The van der Waals surface area contributed by atoms with E-state index in [1.807, 2.05) is 12.1 Å². The maximum absolute atomic E-state index is 12.0. The fourth-order valence-corrected chi connectivity index (χ4v) is 11.6. The molecule has 0 bridgehead atoms. The Morgan fingerprint density at radius 2 is 1.70 bits per heavy atom. The Kier molecular flexibility index (Phi) is 8.14. The monoisotopic (exact) mass is 618 g/mol. The third-order valence-corrected chi connectivity index (χ3v) is 13.5. The van der Waals surface area contributed by atoms with Crippen LogP contribution in [0.25, 0.3) is 0 Å². The lowest BCUT2D eigenvalue weighted by Gasteiger charge is -2.61. The highest BCUT2D eigenvalue weighted by Crippen LogP contribution is 2.69. The summed E-state index contributed by atoms with van der Waals surface area (Å²) in [4.78, 5) is 12.0. The van der Waals surface area contributed by atoms with E-state index in [9.17, 15) is 9.90 Å². The number of rotatable bonds is 7. The summed E-state index contributed by atoms with van der Waals surface area (Å²) in [6.45, 7) is 12.7. The molecule has 9 atom stereocenters. The van der Waals surface area contributed by atoms with Crippen LogP contribution in [-0.2, 0) is 0 Å². The minimum atomic E-state index is -0.758. The Bertz CT molecular complexity index is 986. The topological polar surface area (TPSA) is 37.3 Å². The van der Waals surface area contributed by atoms with E-state index in [2.05, 4.69) is 63.3 Å². The number of carboxylic acids is 1. The number of carboxylic acid groups (broad SMARTS) is 1. The largest absolute Gasteiger partial charge is 0.478 e. The van der Waals surface area contributed by atoms with Crippen molar-refractivity contribution in [1.82, 2.24) is 0 Å². The van der Waals surface area contributed by atoms with Gasteiger partial charge in [0.1, 0.15) is 0 Å². The molecule has 1 aromatic rings. The van der Waals surface area contributed by atoms with Gasteiger partial charge >= 0.3 is 5.97 Å². The van der Waals surface area contributed by atoms with Crippen molar-refractivity contribution in [3.63, 3.8) is 0 Å². The zero-order valence-corrected chi connectivity index (χ0v) is 26.2. The molecular weight excluding hydrogens is 567 g/mol. The summed E-state index contributed by atoms with van der Waals surface area (Å²) in [5.74, 6) is 5.80. The normalized spacial score (nSPS) is 40.1. The fourth-order valence-electron chi connectivity index (χ4n) is 10.7. The van der Waals surface area contributed by atoms with Gasteiger partial charge in [0.2, 0.25) is 0 Å². The van der Waals surface area contributed by atoms with Gasteiger partial charge in [0.05, 0.1) is 5.56 Å². The third-order valence-electron chi connectivity index (χ3n) is 12.6. The van der Waals surface area contributed by atoms with Crippen LogP contribution in [-0.4, -0.2) is 11.1 Å².